The third kappa shape index (κ3) is 4.43. The van der Waals surface area contributed by atoms with E-state index in [2.05, 4.69) is 15.3 Å². The fourth-order valence-corrected chi connectivity index (χ4v) is 5.46. The number of amides is 1. The molecular formula is C23H22ClN3O3S. The van der Waals surface area contributed by atoms with Gasteiger partial charge in [-0.2, -0.15) is 0 Å². The molecule has 1 aliphatic carbocycles. The van der Waals surface area contributed by atoms with Crippen molar-refractivity contribution in [2.24, 2.45) is 5.92 Å². The third-order valence-electron chi connectivity index (χ3n) is 6.09. The average molecular weight is 456 g/mol. The number of ether oxygens (including phenoxy) is 1. The van der Waals surface area contributed by atoms with E-state index in [4.69, 9.17) is 16.3 Å². The number of rotatable bonds is 5. The van der Waals surface area contributed by atoms with Gasteiger partial charge in [-0.3, -0.25) is 14.6 Å². The monoisotopic (exact) mass is 455 g/mol. The van der Waals surface area contributed by atoms with Crippen LogP contribution in [-0.4, -0.2) is 33.8 Å². The molecule has 1 fully saturated rings. The lowest BCUT2D eigenvalue weighted by Gasteiger charge is -2.29. The molecule has 3 heterocycles. The Morgan fingerprint density at radius 3 is 2.84 bits per heavy atom. The highest BCUT2D eigenvalue weighted by Crippen LogP contribution is 2.32. The number of thiazole rings is 1. The van der Waals surface area contributed by atoms with Crippen molar-refractivity contribution in [2.75, 3.05) is 0 Å². The summed E-state index contributed by atoms with van der Waals surface area (Å²) in [5, 5.41) is 4.31. The van der Waals surface area contributed by atoms with Crippen molar-refractivity contribution in [2.45, 2.75) is 50.7 Å². The Hall–Kier alpha value is -2.51. The maximum absolute atomic E-state index is 12.7. The van der Waals surface area contributed by atoms with Crippen molar-refractivity contribution in [1.82, 2.24) is 15.3 Å². The van der Waals surface area contributed by atoms with Crippen LogP contribution >= 0.6 is 22.9 Å². The van der Waals surface area contributed by atoms with Crippen molar-refractivity contribution in [3.8, 4) is 5.75 Å². The van der Waals surface area contributed by atoms with Crippen molar-refractivity contribution in [3.05, 3.63) is 52.3 Å². The number of hydrogen-bond acceptors (Lipinski definition) is 6. The quantitative estimate of drug-likeness (QED) is 0.569. The number of pyridine rings is 1. The Bertz CT molecular complexity index is 1120. The van der Waals surface area contributed by atoms with Crippen molar-refractivity contribution in [1.29, 1.82) is 0 Å². The average Bonchev–Trinajstić information content (AvgIpc) is 3.39. The summed E-state index contributed by atoms with van der Waals surface area (Å²) in [6.07, 6.45) is 7.57. The molecule has 0 saturated heterocycles. The van der Waals surface area contributed by atoms with Crippen molar-refractivity contribution >= 4 is 44.8 Å². The van der Waals surface area contributed by atoms with E-state index >= 15 is 0 Å². The predicted molar refractivity (Wildman–Crippen MR) is 120 cm³/mol. The lowest BCUT2D eigenvalue weighted by molar-refractivity contribution is -0.128. The predicted octanol–water partition coefficient (Wildman–Crippen LogP) is 4.60. The van der Waals surface area contributed by atoms with Crippen LogP contribution in [-0.2, 0) is 11.2 Å². The van der Waals surface area contributed by atoms with Gasteiger partial charge in [-0.1, -0.05) is 11.6 Å². The highest BCUT2D eigenvalue weighted by Gasteiger charge is 2.32. The van der Waals surface area contributed by atoms with E-state index in [1.54, 1.807) is 18.5 Å². The fourth-order valence-electron chi connectivity index (χ4n) is 4.40. The minimum atomic E-state index is -0.481. The number of nitrogens with one attached hydrogen (secondary N) is 1. The van der Waals surface area contributed by atoms with Gasteiger partial charge >= 0.3 is 0 Å². The van der Waals surface area contributed by atoms with E-state index in [1.165, 1.54) is 11.3 Å². The SMILES string of the molecule is O=C(CC1CCC(NC(=O)C2Cc3ccncc3O2)CC1)c1nc2cc(Cl)ccc2s1. The Balaban J connectivity index is 1.11. The molecule has 6 nitrogen and oxygen atoms in total. The lowest BCUT2D eigenvalue weighted by Crippen LogP contribution is -2.44. The molecule has 1 aromatic carbocycles. The molecule has 0 radical (unpaired) electrons. The fraction of sp³-hybridized carbons (Fsp3) is 0.391. The molecule has 8 heteroatoms. The highest BCUT2D eigenvalue weighted by atomic mass is 35.5. The lowest BCUT2D eigenvalue weighted by atomic mass is 9.83. The number of carbonyl (C=O) groups excluding carboxylic acids is 2. The largest absolute Gasteiger partial charge is 0.478 e. The van der Waals surface area contributed by atoms with E-state index in [0.717, 1.165) is 41.5 Å². The van der Waals surface area contributed by atoms with Gasteiger partial charge in [0.05, 0.1) is 16.4 Å². The zero-order valence-electron chi connectivity index (χ0n) is 16.8. The summed E-state index contributed by atoms with van der Waals surface area (Å²) in [5.74, 6) is 1.05. The summed E-state index contributed by atoms with van der Waals surface area (Å²) in [5.41, 5.74) is 1.80. The number of fused-ring (bicyclic) bond motifs is 2. The topological polar surface area (TPSA) is 81.2 Å². The zero-order valence-corrected chi connectivity index (χ0v) is 18.4. The van der Waals surface area contributed by atoms with Crippen LogP contribution in [0.5, 0.6) is 5.75 Å². The Labute approximate surface area is 189 Å². The third-order valence-corrected chi connectivity index (χ3v) is 7.40. The molecule has 5 rings (SSSR count). The molecule has 0 bridgehead atoms. The molecule has 1 aliphatic heterocycles. The van der Waals surface area contributed by atoms with Gasteiger partial charge in [-0.25, -0.2) is 4.98 Å². The number of ketones is 1. The minimum absolute atomic E-state index is 0.0659. The second-order valence-corrected chi connectivity index (χ2v) is 9.75. The van der Waals surface area contributed by atoms with E-state index in [-0.39, 0.29) is 17.7 Å². The molecule has 1 unspecified atom stereocenters. The highest BCUT2D eigenvalue weighted by molar-refractivity contribution is 7.20. The molecule has 1 amide bonds. The van der Waals surface area contributed by atoms with Gasteiger partial charge in [0.15, 0.2) is 16.9 Å². The van der Waals surface area contributed by atoms with Crippen LogP contribution in [0.15, 0.2) is 36.7 Å². The number of benzene rings is 1. The molecule has 1 atom stereocenters. The standard InChI is InChI=1S/C23H22ClN3O3S/c24-15-3-6-21-17(11-15)27-23(31-21)18(28)9-13-1-4-16(5-2-13)26-22(29)19-10-14-7-8-25-12-20(14)30-19/h3,6-8,11-13,16,19H,1-2,4-5,9-10H2,(H,26,29). The summed E-state index contributed by atoms with van der Waals surface area (Å²) >= 11 is 7.44. The van der Waals surface area contributed by atoms with Gasteiger partial charge in [-0.05, 0) is 55.9 Å². The number of halogens is 1. The van der Waals surface area contributed by atoms with Crippen LogP contribution in [0, 0.1) is 5.92 Å². The van der Waals surface area contributed by atoms with Crippen LogP contribution in [0.25, 0.3) is 10.2 Å². The zero-order chi connectivity index (χ0) is 21.4. The Morgan fingerprint density at radius 1 is 1.19 bits per heavy atom. The second kappa shape index (κ2) is 8.55. The first kappa shape index (κ1) is 20.4. The van der Waals surface area contributed by atoms with Gasteiger partial charge in [-0.15, -0.1) is 11.3 Å². The molecular weight excluding hydrogens is 434 g/mol. The molecule has 1 N–H and O–H groups in total. The molecule has 3 aromatic rings. The molecule has 1 saturated carbocycles. The van der Waals surface area contributed by atoms with Crippen molar-refractivity contribution in [3.63, 3.8) is 0 Å². The molecule has 31 heavy (non-hydrogen) atoms. The maximum atomic E-state index is 12.7. The normalized spacial score (nSPS) is 22.7. The van der Waals surface area contributed by atoms with Gasteiger partial charge < -0.3 is 10.1 Å². The van der Waals surface area contributed by atoms with Gasteiger partial charge in [0, 0.05) is 35.7 Å². The number of aromatic nitrogens is 2. The first-order chi connectivity index (χ1) is 15.0. The van der Waals surface area contributed by atoms with Crippen LogP contribution in [0.3, 0.4) is 0 Å². The summed E-state index contributed by atoms with van der Waals surface area (Å²) < 4.78 is 6.71. The number of carbonyl (C=O) groups is 2. The van der Waals surface area contributed by atoms with Crippen LogP contribution in [0.1, 0.15) is 47.5 Å². The molecule has 2 aromatic heterocycles. The van der Waals surface area contributed by atoms with Crippen LogP contribution < -0.4 is 10.1 Å². The van der Waals surface area contributed by atoms with Gasteiger partial charge in [0.25, 0.3) is 5.91 Å². The van der Waals surface area contributed by atoms with E-state index in [9.17, 15) is 9.59 Å². The summed E-state index contributed by atoms with van der Waals surface area (Å²) in [4.78, 5) is 33.8. The molecule has 160 valence electrons. The Kier molecular flexibility index (Phi) is 5.63. The Morgan fingerprint density at radius 2 is 2.03 bits per heavy atom. The van der Waals surface area contributed by atoms with E-state index in [0.29, 0.717) is 34.5 Å². The second-order valence-electron chi connectivity index (χ2n) is 8.28. The van der Waals surface area contributed by atoms with E-state index in [1.807, 2.05) is 18.2 Å². The molecule has 2 aliphatic rings. The number of Topliss-reactive ketones (excluding diaryl/α,β-unsaturated/α-hetero) is 1. The maximum Gasteiger partial charge on any atom is 0.261 e. The number of hydrogen-bond donors (Lipinski definition) is 1. The smallest absolute Gasteiger partial charge is 0.261 e. The molecule has 0 spiro atoms. The number of nitrogens with zero attached hydrogens (tertiary/aromatic N) is 2. The minimum Gasteiger partial charge on any atom is -0.478 e. The summed E-state index contributed by atoms with van der Waals surface area (Å²) in [7, 11) is 0. The van der Waals surface area contributed by atoms with Crippen LogP contribution in [0.2, 0.25) is 5.02 Å². The van der Waals surface area contributed by atoms with Crippen molar-refractivity contribution < 1.29 is 14.3 Å². The van der Waals surface area contributed by atoms with E-state index < -0.39 is 6.10 Å². The summed E-state index contributed by atoms with van der Waals surface area (Å²) in [6.45, 7) is 0. The van der Waals surface area contributed by atoms with Crippen LogP contribution in [0.4, 0.5) is 0 Å². The first-order valence-electron chi connectivity index (χ1n) is 10.5. The van der Waals surface area contributed by atoms with Gasteiger partial charge in [0.2, 0.25) is 0 Å². The first-order valence-corrected chi connectivity index (χ1v) is 11.7. The van der Waals surface area contributed by atoms with Gasteiger partial charge in [0.1, 0.15) is 5.75 Å². The summed E-state index contributed by atoms with van der Waals surface area (Å²) in [6, 6.07) is 7.54.